The normalized spacial score (nSPS) is 13.8. The van der Waals surface area contributed by atoms with Crippen molar-refractivity contribution < 1.29 is 28.7 Å². The van der Waals surface area contributed by atoms with Crippen molar-refractivity contribution in [1.29, 1.82) is 0 Å². The first-order valence-electron chi connectivity index (χ1n) is 15.8. The number of fused-ring (bicyclic) bond motifs is 1. The molecule has 0 aliphatic carbocycles. The maximum atomic E-state index is 11.4. The molecule has 2 fully saturated rings. The number of hydrogen-bond donors (Lipinski definition) is 3. The van der Waals surface area contributed by atoms with Crippen LogP contribution in [0.4, 0.5) is 0 Å². The molecule has 250 valence electrons. The Morgan fingerprint density at radius 3 is 2.27 bits per heavy atom. The van der Waals surface area contributed by atoms with Gasteiger partial charge in [-0.2, -0.15) is 0 Å². The van der Waals surface area contributed by atoms with Crippen molar-refractivity contribution in [2.45, 2.75) is 85.2 Å². The first-order chi connectivity index (χ1) is 21.6. The number of carbonyl (C=O) groups is 3. The average Bonchev–Trinajstić information content (AvgIpc) is 3.70. The van der Waals surface area contributed by atoms with Crippen molar-refractivity contribution in [3.8, 4) is 0 Å². The Kier molecular flexibility index (Phi) is 19.2. The van der Waals surface area contributed by atoms with Gasteiger partial charge < -0.3 is 25.3 Å². The molecule has 12 heteroatoms. The van der Waals surface area contributed by atoms with Crippen molar-refractivity contribution in [3.63, 3.8) is 0 Å². The lowest BCUT2D eigenvalue weighted by Gasteiger charge is -2.36. The van der Waals surface area contributed by atoms with Crippen molar-refractivity contribution >= 4 is 47.2 Å². The number of thiophene rings is 1. The fourth-order valence-corrected chi connectivity index (χ4v) is 6.20. The number of primary amides is 1. The van der Waals surface area contributed by atoms with Crippen LogP contribution in [0.5, 0.6) is 0 Å². The number of carbonyl (C=O) groups excluding carboxylic acids is 3. The predicted molar refractivity (Wildman–Crippen MR) is 183 cm³/mol. The van der Waals surface area contributed by atoms with Gasteiger partial charge >= 0.3 is 7.60 Å². The Morgan fingerprint density at radius 1 is 1.07 bits per heavy atom. The van der Waals surface area contributed by atoms with Crippen LogP contribution in [0.25, 0.3) is 10.1 Å². The molecule has 0 unspecified atom stereocenters. The molecule has 0 saturated carbocycles. The summed E-state index contributed by atoms with van der Waals surface area (Å²) >= 11 is 1.26. The van der Waals surface area contributed by atoms with Crippen LogP contribution >= 0.6 is 18.9 Å². The van der Waals surface area contributed by atoms with E-state index in [9.17, 15) is 18.9 Å². The second-order valence-electron chi connectivity index (χ2n) is 10.3. The van der Waals surface area contributed by atoms with Crippen LogP contribution < -0.4 is 5.73 Å². The molecule has 1 aromatic carbocycles. The van der Waals surface area contributed by atoms with Gasteiger partial charge in [-0.3, -0.25) is 23.9 Å². The smallest absolute Gasteiger partial charge is 0.329 e. The molecule has 4 N–H and O–H groups in total. The molecule has 2 aromatic heterocycles. The van der Waals surface area contributed by atoms with Crippen LogP contribution in [0.1, 0.15) is 99.9 Å². The molecule has 5 rings (SSSR count). The molecule has 4 heterocycles. The number of pyridine rings is 1. The SMILES string of the molecule is CC.CC.CCCCCC(=O)N1CCCC1.NC(=O)c1cc2cc(CP(=O)(O)O)ccc2s1.O=CN1CC(c2cccnc2)C1. The highest BCUT2D eigenvalue weighted by Gasteiger charge is 2.26. The van der Waals surface area contributed by atoms with Crippen LogP contribution in [0.3, 0.4) is 0 Å². The molecule has 0 spiro atoms. The number of rotatable bonds is 9. The summed E-state index contributed by atoms with van der Waals surface area (Å²) in [6.45, 7) is 13.9. The largest absolute Gasteiger partial charge is 0.365 e. The zero-order valence-electron chi connectivity index (χ0n) is 27.4. The molecular weight excluding hydrogens is 611 g/mol. The van der Waals surface area contributed by atoms with Gasteiger partial charge in [-0.15, -0.1) is 11.3 Å². The number of amides is 3. The molecular formula is C33H51N4O6PS. The highest BCUT2D eigenvalue weighted by atomic mass is 32.1. The zero-order valence-corrected chi connectivity index (χ0v) is 29.1. The summed E-state index contributed by atoms with van der Waals surface area (Å²) in [6.07, 6.45) is 10.9. The topological polar surface area (TPSA) is 154 Å². The van der Waals surface area contributed by atoms with Gasteiger partial charge in [0.05, 0.1) is 11.0 Å². The lowest BCUT2D eigenvalue weighted by molar-refractivity contribution is -0.130. The number of unbranched alkanes of at least 4 members (excludes halogenated alkanes) is 2. The van der Waals surface area contributed by atoms with Crippen molar-refractivity contribution in [1.82, 2.24) is 14.8 Å². The van der Waals surface area contributed by atoms with Gasteiger partial charge in [0.25, 0.3) is 5.91 Å². The highest BCUT2D eigenvalue weighted by molar-refractivity contribution is 7.50. The van der Waals surface area contributed by atoms with Gasteiger partial charge in [-0.1, -0.05) is 59.6 Å². The summed E-state index contributed by atoms with van der Waals surface area (Å²) in [4.78, 5) is 58.7. The highest BCUT2D eigenvalue weighted by Crippen LogP contribution is 2.40. The molecule has 0 bridgehead atoms. The maximum absolute atomic E-state index is 11.4. The molecule has 0 radical (unpaired) electrons. The lowest BCUT2D eigenvalue weighted by atomic mass is 9.94. The molecule has 0 atom stereocenters. The van der Waals surface area contributed by atoms with Crippen molar-refractivity contribution in [2.24, 2.45) is 5.73 Å². The molecule has 3 amide bonds. The Morgan fingerprint density at radius 2 is 1.73 bits per heavy atom. The van der Waals surface area contributed by atoms with Gasteiger partial charge in [-0.05, 0) is 60.0 Å². The van der Waals surface area contributed by atoms with Gasteiger partial charge in [0, 0.05) is 55.6 Å². The van der Waals surface area contributed by atoms with Gasteiger partial charge in [0.1, 0.15) is 0 Å². The first kappa shape index (κ1) is 39.9. The summed E-state index contributed by atoms with van der Waals surface area (Å²) in [6, 6.07) is 10.7. The average molecular weight is 663 g/mol. The summed E-state index contributed by atoms with van der Waals surface area (Å²) in [5.41, 5.74) is 6.94. The first-order valence-corrected chi connectivity index (χ1v) is 18.4. The molecule has 3 aromatic rings. The van der Waals surface area contributed by atoms with E-state index in [1.807, 2.05) is 44.9 Å². The Balaban J connectivity index is 0.000000326. The summed E-state index contributed by atoms with van der Waals surface area (Å²) in [5, 5.41) is 0.773. The minimum Gasteiger partial charge on any atom is -0.365 e. The van der Waals surface area contributed by atoms with E-state index in [1.54, 1.807) is 35.4 Å². The third kappa shape index (κ3) is 14.7. The maximum Gasteiger partial charge on any atom is 0.329 e. The Labute approximate surface area is 272 Å². The van der Waals surface area contributed by atoms with E-state index in [0.29, 0.717) is 22.3 Å². The van der Waals surface area contributed by atoms with E-state index >= 15 is 0 Å². The Bertz CT molecular complexity index is 1340. The Hall–Kier alpha value is -3.11. The van der Waals surface area contributed by atoms with E-state index in [1.165, 1.54) is 42.6 Å². The number of likely N-dealkylation sites (tertiary alicyclic amines) is 2. The molecule has 2 aliphatic heterocycles. The predicted octanol–water partition coefficient (Wildman–Crippen LogP) is 6.56. The summed E-state index contributed by atoms with van der Waals surface area (Å²) in [7, 11) is -4.07. The van der Waals surface area contributed by atoms with Crippen LogP contribution in [0.15, 0.2) is 48.8 Å². The van der Waals surface area contributed by atoms with Crippen molar-refractivity contribution in [2.75, 3.05) is 26.2 Å². The third-order valence-corrected chi connectivity index (χ3v) is 8.79. The molecule has 2 aliphatic rings. The van der Waals surface area contributed by atoms with Crippen molar-refractivity contribution in [3.05, 3.63) is 64.8 Å². The monoisotopic (exact) mass is 662 g/mol. The quantitative estimate of drug-likeness (QED) is 0.133. The van der Waals surface area contributed by atoms with Crippen LogP contribution in [-0.2, 0) is 20.3 Å². The van der Waals surface area contributed by atoms with Crippen LogP contribution in [0.2, 0.25) is 0 Å². The fraction of sp³-hybridized carbons (Fsp3) is 0.515. The number of hydrogen-bond acceptors (Lipinski definition) is 6. The number of nitrogens with zero attached hydrogens (tertiary/aromatic N) is 3. The number of nitrogens with two attached hydrogens (primary N) is 1. The van der Waals surface area contributed by atoms with E-state index in [4.69, 9.17) is 15.5 Å². The second-order valence-corrected chi connectivity index (χ2v) is 13.0. The summed E-state index contributed by atoms with van der Waals surface area (Å²) in [5.74, 6) is 0.382. The van der Waals surface area contributed by atoms with E-state index in [-0.39, 0.29) is 6.16 Å². The molecule has 2 saturated heterocycles. The van der Waals surface area contributed by atoms with Gasteiger partial charge in [0.2, 0.25) is 12.3 Å². The number of benzene rings is 1. The van der Waals surface area contributed by atoms with E-state index in [2.05, 4.69) is 18.0 Å². The molecule has 10 nitrogen and oxygen atoms in total. The van der Waals surface area contributed by atoms with Gasteiger partial charge in [0.15, 0.2) is 0 Å². The standard InChI is InChI=1S/C10H10NO4PS.C10H19NO.C9H10N2O.2C2H6/c11-10(12)9-4-7-3-6(5-16(13,14)15)1-2-8(7)17-9;1-2-3-4-7-10(12)11-8-5-6-9-11;12-7-11-5-9(6-11)8-2-1-3-10-4-8;2*1-2/h1-4H,5H2,(H2,11,12)(H2,13,14,15);2-9H2,1H3;1-4,7,9H,5-6H2;2*1-2H3. The summed E-state index contributed by atoms with van der Waals surface area (Å²) < 4.78 is 11.7. The van der Waals surface area contributed by atoms with Crippen LogP contribution in [0, 0.1) is 0 Å². The fourth-order valence-electron chi connectivity index (χ4n) is 4.63. The number of aromatic nitrogens is 1. The van der Waals surface area contributed by atoms with E-state index < -0.39 is 13.5 Å². The zero-order chi connectivity index (χ0) is 33.8. The van der Waals surface area contributed by atoms with Gasteiger partial charge in [-0.25, -0.2) is 0 Å². The van der Waals surface area contributed by atoms with Crippen LogP contribution in [-0.4, -0.2) is 69.0 Å². The third-order valence-electron chi connectivity index (χ3n) is 6.88. The lowest BCUT2D eigenvalue weighted by Crippen LogP contribution is -2.43. The second kappa shape index (κ2) is 21.6. The van der Waals surface area contributed by atoms with E-state index in [0.717, 1.165) is 55.5 Å². The minimum atomic E-state index is -4.07. The minimum absolute atomic E-state index is 0.301. The molecule has 45 heavy (non-hydrogen) atoms.